The van der Waals surface area contributed by atoms with Crippen molar-refractivity contribution in [3.05, 3.63) is 53.9 Å². The minimum Gasteiger partial charge on any atom is -0.409 e. The first-order valence-electron chi connectivity index (χ1n) is 6.08. The van der Waals surface area contributed by atoms with Crippen LogP contribution in [-0.2, 0) is 0 Å². The molecule has 0 aliphatic rings. The van der Waals surface area contributed by atoms with Gasteiger partial charge in [0.25, 0.3) is 0 Å². The van der Waals surface area contributed by atoms with Crippen LogP contribution in [0.15, 0.2) is 47.9 Å². The number of nitrogens with zero attached hydrogens (tertiary/aromatic N) is 4. The normalized spacial score (nSPS) is 11.9. The molecule has 0 spiro atoms. The van der Waals surface area contributed by atoms with Gasteiger partial charge < -0.3 is 10.9 Å². The maximum Gasteiger partial charge on any atom is 0.173 e. The van der Waals surface area contributed by atoms with E-state index < -0.39 is 0 Å². The van der Waals surface area contributed by atoms with E-state index in [2.05, 4.69) is 15.2 Å². The molecule has 6 heteroatoms. The summed E-state index contributed by atoms with van der Waals surface area (Å²) in [5, 5.41) is 17.2. The topological polar surface area (TPSA) is 89.3 Å². The number of fused-ring (bicyclic) bond motifs is 1. The lowest BCUT2D eigenvalue weighted by Crippen LogP contribution is -2.17. The SMILES string of the molecule is Cc1cnn(-c2nc3ccccc3cc2C(N)=NO)c1. The van der Waals surface area contributed by atoms with Crippen LogP contribution in [-0.4, -0.2) is 25.8 Å². The van der Waals surface area contributed by atoms with Crippen molar-refractivity contribution in [2.45, 2.75) is 6.92 Å². The van der Waals surface area contributed by atoms with Crippen molar-refractivity contribution in [3.63, 3.8) is 0 Å². The van der Waals surface area contributed by atoms with Gasteiger partial charge in [-0.1, -0.05) is 23.4 Å². The second-order valence-corrected chi connectivity index (χ2v) is 4.50. The molecule has 3 aromatic rings. The molecule has 6 nitrogen and oxygen atoms in total. The van der Waals surface area contributed by atoms with Gasteiger partial charge in [-0.2, -0.15) is 5.10 Å². The van der Waals surface area contributed by atoms with Crippen molar-refractivity contribution >= 4 is 16.7 Å². The Kier molecular flexibility index (Phi) is 2.83. The summed E-state index contributed by atoms with van der Waals surface area (Å²) in [4.78, 5) is 4.56. The van der Waals surface area contributed by atoms with Gasteiger partial charge in [-0.05, 0) is 24.6 Å². The van der Waals surface area contributed by atoms with E-state index in [1.807, 2.05) is 43.5 Å². The standard InChI is InChI=1S/C14H13N5O/c1-9-7-16-19(8-9)14-11(13(15)18-20)6-10-4-2-3-5-12(10)17-14/h2-8,20H,1H3,(H2,15,18). The Morgan fingerprint density at radius 2 is 2.15 bits per heavy atom. The summed E-state index contributed by atoms with van der Waals surface area (Å²) in [6.07, 6.45) is 3.57. The van der Waals surface area contributed by atoms with Crippen LogP contribution in [0.5, 0.6) is 0 Å². The first kappa shape index (κ1) is 12.2. The van der Waals surface area contributed by atoms with Crippen LogP contribution in [0.25, 0.3) is 16.7 Å². The Morgan fingerprint density at radius 3 is 2.85 bits per heavy atom. The molecule has 0 unspecified atom stereocenters. The maximum absolute atomic E-state index is 8.94. The summed E-state index contributed by atoms with van der Waals surface area (Å²) in [7, 11) is 0. The van der Waals surface area contributed by atoms with Crippen molar-refractivity contribution in [2.75, 3.05) is 0 Å². The van der Waals surface area contributed by atoms with Gasteiger partial charge in [-0.25, -0.2) is 9.67 Å². The summed E-state index contributed by atoms with van der Waals surface area (Å²) in [5.74, 6) is 0.540. The van der Waals surface area contributed by atoms with Crippen LogP contribution >= 0.6 is 0 Å². The predicted octanol–water partition coefficient (Wildman–Crippen LogP) is 1.82. The zero-order valence-electron chi connectivity index (χ0n) is 10.9. The van der Waals surface area contributed by atoms with Gasteiger partial charge in [0.2, 0.25) is 0 Å². The number of oxime groups is 1. The third-order valence-electron chi connectivity index (χ3n) is 3.02. The van der Waals surface area contributed by atoms with Crippen molar-refractivity contribution in [3.8, 4) is 5.82 Å². The summed E-state index contributed by atoms with van der Waals surface area (Å²) in [6.45, 7) is 1.94. The van der Waals surface area contributed by atoms with E-state index in [1.54, 1.807) is 10.9 Å². The summed E-state index contributed by atoms with van der Waals surface area (Å²) in [5.41, 5.74) is 8.11. The number of aryl methyl sites for hydroxylation is 1. The highest BCUT2D eigenvalue weighted by atomic mass is 16.4. The lowest BCUT2D eigenvalue weighted by Gasteiger charge is -2.09. The number of benzene rings is 1. The van der Waals surface area contributed by atoms with Gasteiger partial charge in [0.15, 0.2) is 11.7 Å². The van der Waals surface area contributed by atoms with Crippen LogP contribution in [0.4, 0.5) is 0 Å². The first-order chi connectivity index (χ1) is 9.69. The number of amidine groups is 1. The minimum absolute atomic E-state index is 0.00593. The third kappa shape index (κ3) is 1.97. The molecular weight excluding hydrogens is 254 g/mol. The van der Waals surface area contributed by atoms with Crippen LogP contribution in [0, 0.1) is 6.92 Å². The Labute approximate surface area is 115 Å². The molecule has 20 heavy (non-hydrogen) atoms. The fraction of sp³-hybridized carbons (Fsp3) is 0.0714. The quantitative estimate of drug-likeness (QED) is 0.321. The molecule has 0 radical (unpaired) electrons. The molecule has 3 N–H and O–H groups in total. The van der Waals surface area contributed by atoms with Crippen molar-refractivity contribution in [1.29, 1.82) is 0 Å². The average molecular weight is 267 g/mol. The molecule has 1 aromatic carbocycles. The van der Waals surface area contributed by atoms with E-state index in [4.69, 9.17) is 10.9 Å². The van der Waals surface area contributed by atoms with Crippen LogP contribution < -0.4 is 5.73 Å². The monoisotopic (exact) mass is 267 g/mol. The zero-order chi connectivity index (χ0) is 14.1. The van der Waals surface area contributed by atoms with E-state index in [-0.39, 0.29) is 5.84 Å². The summed E-state index contributed by atoms with van der Waals surface area (Å²) < 4.78 is 1.62. The molecule has 100 valence electrons. The second kappa shape index (κ2) is 4.65. The average Bonchev–Trinajstić information content (AvgIpc) is 2.91. The molecule has 0 bridgehead atoms. The number of pyridine rings is 1. The van der Waals surface area contributed by atoms with Crippen molar-refractivity contribution < 1.29 is 5.21 Å². The van der Waals surface area contributed by atoms with Gasteiger partial charge in [0, 0.05) is 11.6 Å². The Hall–Kier alpha value is -2.89. The highest BCUT2D eigenvalue weighted by molar-refractivity contribution is 6.02. The number of hydrogen-bond donors (Lipinski definition) is 2. The summed E-state index contributed by atoms with van der Waals surface area (Å²) >= 11 is 0. The molecule has 3 rings (SSSR count). The Bertz CT molecular complexity index is 806. The number of rotatable bonds is 2. The molecule has 0 aliphatic carbocycles. The molecular formula is C14H13N5O. The molecule has 2 aromatic heterocycles. The molecule has 0 saturated heterocycles. The molecule has 0 fully saturated rings. The highest BCUT2D eigenvalue weighted by Gasteiger charge is 2.13. The molecule has 0 amide bonds. The van der Waals surface area contributed by atoms with Crippen LogP contribution in [0.2, 0.25) is 0 Å². The van der Waals surface area contributed by atoms with Crippen molar-refractivity contribution in [1.82, 2.24) is 14.8 Å². The van der Waals surface area contributed by atoms with E-state index in [1.165, 1.54) is 0 Å². The lowest BCUT2D eigenvalue weighted by atomic mass is 10.1. The van der Waals surface area contributed by atoms with Gasteiger partial charge in [-0.3, -0.25) is 0 Å². The fourth-order valence-corrected chi connectivity index (χ4v) is 2.05. The van der Waals surface area contributed by atoms with E-state index in [0.29, 0.717) is 11.4 Å². The Balaban J connectivity index is 2.32. The molecule has 0 atom stereocenters. The lowest BCUT2D eigenvalue weighted by molar-refractivity contribution is 0.318. The van der Waals surface area contributed by atoms with Gasteiger partial charge in [0.1, 0.15) is 0 Å². The summed E-state index contributed by atoms with van der Waals surface area (Å²) in [6, 6.07) is 9.50. The van der Waals surface area contributed by atoms with Gasteiger partial charge in [0.05, 0.1) is 17.3 Å². The molecule has 0 aliphatic heterocycles. The molecule has 0 saturated carbocycles. The predicted molar refractivity (Wildman–Crippen MR) is 76.1 cm³/mol. The zero-order valence-corrected chi connectivity index (χ0v) is 10.9. The second-order valence-electron chi connectivity index (χ2n) is 4.50. The minimum atomic E-state index is 0.00593. The van der Waals surface area contributed by atoms with E-state index >= 15 is 0 Å². The number of hydrogen-bond acceptors (Lipinski definition) is 4. The number of para-hydroxylation sites is 1. The van der Waals surface area contributed by atoms with E-state index in [9.17, 15) is 0 Å². The van der Waals surface area contributed by atoms with Crippen molar-refractivity contribution in [2.24, 2.45) is 10.9 Å². The van der Waals surface area contributed by atoms with Gasteiger partial charge in [-0.15, -0.1) is 0 Å². The largest absolute Gasteiger partial charge is 0.409 e. The van der Waals surface area contributed by atoms with Gasteiger partial charge >= 0.3 is 0 Å². The first-order valence-corrected chi connectivity index (χ1v) is 6.08. The third-order valence-corrected chi connectivity index (χ3v) is 3.02. The smallest absolute Gasteiger partial charge is 0.173 e. The number of aromatic nitrogens is 3. The van der Waals surface area contributed by atoms with E-state index in [0.717, 1.165) is 16.5 Å². The van der Waals surface area contributed by atoms with Crippen LogP contribution in [0.3, 0.4) is 0 Å². The van der Waals surface area contributed by atoms with Crippen LogP contribution in [0.1, 0.15) is 11.1 Å². The highest BCUT2D eigenvalue weighted by Crippen LogP contribution is 2.19. The Morgan fingerprint density at radius 1 is 1.35 bits per heavy atom. The number of nitrogens with two attached hydrogens (primary N) is 1. The fourth-order valence-electron chi connectivity index (χ4n) is 2.05. The molecule has 2 heterocycles. The maximum atomic E-state index is 8.94.